The monoisotopic (exact) mass is 241 g/mol. The Morgan fingerprint density at radius 3 is 2.94 bits per heavy atom. The third-order valence-electron chi connectivity index (χ3n) is 2.11. The van der Waals surface area contributed by atoms with Crippen LogP contribution in [-0.2, 0) is 13.2 Å². The van der Waals surface area contributed by atoms with Crippen molar-refractivity contribution in [2.75, 3.05) is 0 Å². The third kappa shape index (κ3) is 2.20. The van der Waals surface area contributed by atoms with Gasteiger partial charge in [0, 0.05) is 5.56 Å². The van der Waals surface area contributed by atoms with Crippen molar-refractivity contribution in [1.82, 2.24) is 15.0 Å². The van der Waals surface area contributed by atoms with Crippen LogP contribution in [0.3, 0.4) is 0 Å². The Bertz CT molecular complexity index is 501. The summed E-state index contributed by atoms with van der Waals surface area (Å²) >= 11 is 5.65. The number of hydrogen-bond donors (Lipinski definition) is 1. The van der Waals surface area contributed by atoms with E-state index in [-0.39, 0.29) is 18.2 Å². The fourth-order valence-corrected chi connectivity index (χ4v) is 1.53. The Kier molecular flexibility index (Phi) is 3.17. The standard InChI is InChI=1S/C10H9ClFN3O/c11-9-3-1-2-7(10(9)12)4-15-5-8(6-16)13-14-15/h1-3,5,16H,4,6H2. The molecule has 0 radical (unpaired) electrons. The Balaban J connectivity index is 2.23. The molecule has 16 heavy (non-hydrogen) atoms. The second kappa shape index (κ2) is 4.59. The van der Waals surface area contributed by atoms with Gasteiger partial charge in [-0.05, 0) is 6.07 Å². The van der Waals surface area contributed by atoms with Gasteiger partial charge in [0.2, 0.25) is 0 Å². The summed E-state index contributed by atoms with van der Waals surface area (Å²) in [5, 5.41) is 16.3. The van der Waals surface area contributed by atoms with Crippen LogP contribution in [0.4, 0.5) is 4.39 Å². The first-order valence-corrected chi connectivity index (χ1v) is 5.01. The molecule has 0 atom stereocenters. The molecule has 0 saturated heterocycles. The molecule has 0 bridgehead atoms. The molecule has 0 aliphatic carbocycles. The summed E-state index contributed by atoms with van der Waals surface area (Å²) in [6.45, 7) is 0.0530. The van der Waals surface area contributed by atoms with Gasteiger partial charge in [0.05, 0.1) is 24.4 Å². The van der Waals surface area contributed by atoms with Crippen LogP contribution < -0.4 is 0 Å². The number of benzene rings is 1. The highest BCUT2D eigenvalue weighted by Gasteiger charge is 2.07. The summed E-state index contributed by atoms with van der Waals surface area (Å²) in [6, 6.07) is 4.78. The lowest BCUT2D eigenvalue weighted by Crippen LogP contribution is -2.03. The van der Waals surface area contributed by atoms with Gasteiger partial charge in [-0.25, -0.2) is 9.07 Å². The van der Waals surface area contributed by atoms with Gasteiger partial charge in [-0.3, -0.25) is 0 Å². The molecular formula is C10H9ClFN3O. The van der Waals surface area contributed by atoms with Gasteiger partial charge in [-0.2, -0.15) is 0 Å². The van der Waals surface area contributed by atoms with Gasteiger partial charge in [0.25, 0.3) is 0 Å². The third-order valence-corrected chi connectivity index (χ3v) is 2.40. The molecule has 6 heteroatoms. The second-order valence-electron chi connectivity index (χ2n) is 3.28. The van der Waals surface area contributed by atoms with Crippen LogP contribution in [0.1, 0.15) is 11.3 Å². The van der Waals surface area contributed by atoms with Crippen LogP contribution in [0.5, 0.6) is 0 Å². The van der Waals surface area contributed by atoms with Gasteiger partial charge in [-0.15, -0.1) is 5.10 Å². The molecule has 1 aromatic carbocycles. The number of hydrogen-bond acceptors (Lipinski definition) is 3. The van der Waals surface area contributed by atoms with E-state index < -0.39 is 5.82 Å². The normalized spacial score (nSPS) is 10.7. The first-order chi connectivity index (χ1) is 7.70. The van der Waals surface area contributed by atoms with E-state index in [1.54, 1.807) is 18.3 Å². The number of rotatable bonds is 3. The Hall–Kier alpha value is -1.46. The van der Waals surface area contributed by atoms with E-state index in [1.807, 2.05) is 0 Å². The molecule has 0 fully saturated rings. The van der Waals surface area contributed by atoms with Crippen LogP contribution in [-0.4, -0.2) is 20.1 Å². The number of aromatic nitrogens is 3. The smallest absolute Gasteiger partial charge is 0.146 e. The summed E-state index contributed by atoms with van der Waals surface area (Å²) < 4.78 is 15.0. The van der Waals surface area contributed by atoms with Crippen LogP contribution in [0.2, 0.25) is 5.02 Å². The molecule has 0 aliphatic heterocycles. The number of aliphatic hydroxyl groups is 1. The van der Waals surface area contributed by atoms with E-state index in [9.17, 15) is 4.39 Å². The molecule has 2 rings (SSSR count). The molecule has 2 aromatic rings. The zero-order valence-corrected chi connectivity index (χ0v) is 9.02. The minimum absolute atomic E-state index is 0.0833. The Morgan fingerprint density at radius 1 is 1.44 bits per heavy atom. The minimum Gasteiger partial charge on any atom is -0.390 e. The molecule has 0 aliphatic rings. The maximum atomic E-state index is 13.5. The zero-order valence-electron chi connectivity index (χ0n) is 8.27. The summed E-state index contributed by atoms with van der Waals surface area (Å²) in [5.74, 6) is -0.454. The van der Waals surface area contributed by atoms with Crippen molar-refractivity contribution in [2.45, 2.75) is 13.2 Å². The van der Waals surface area contributed by atoms with Crippen molar-refractivity contribution in [3.63, 3.8) is 0 Å². The average molecular weight is 242 g/mol. The lowest BCUT2D eigenvalue weighted by molar-refractivity contribution is 0.276. The lowest BCUT2D eigenvalue weighted by Gasteiger charge is -2.03. The maximum absolute atomic E-state index is 13.5. The maximum Gasteiger partial charge on any atom is 0.146 e. The van der Waals surface area contributed by atoms with E-state index in [4.69, 9.17) is 16.7 Å². The highest BCUT2D eigenvalue weighted by molar-refractivity contribution is 6.30. The number of nitrogens with zero attached hydrogens (tertiary/aromatic N) is 3. The number of aliphatic hydroxyl groups excluding tert-OH is 1. The van der Waals surface area contributed by atoms with E-state index in [1.165, 1.54) is 10.7 Å². The minimum atomic E-state index is -0.454. The summed E-state index contributed by atoms with van der Waals surface area (Å²) in [6.07, 6.45) is 1.56. The average Bonchev–Trinajstić information content (AvgIpc) is 2.73. The van der Waals surface area contributed by atoms with Crippen molar-refractivity contribution in [3.05, 3.63) is 46.5 Å². The van der Waals surface area contributed by atoms with Crippen LogP contribution in [0.15, 0.2) is 24.4 Å². The van der Waals surface area contributed by atoms with Crippen molar-refractivity contribution in [2.24, 2.45) is 0 Å². The molecule has 84 valence electrons. The highest BCUT2D eigenvalue weighted by Crippen LogP contribution is 2.18. The van der Waals surface area contributed by atoms with E-state index in [2.05, 4.69) is 10.3 Å². The van der Waals surface area contributed by atoms with Gasteiger partial charge < -0.3 is 5.11 Å². The topological polar surface area (TPSA) is 50.9 Å². The molecule has 1 aromatic heterocycles. The van der Waals surface area contributed by atoms with Gasteiger partial charge >= 0.3 is 0 Å². The fraction of sp³-hybridized carbons (Fsp3) is 0.200. The van der Waals surface area contributed by atoms with Gasteiger partial charge in [0.1, 0.15) is 11.5 Å². The first kappa shape index (κ1) is 11.0. The zero-order chi connectivity index (χ0) is 11.5. The van der Waals surface area contributed by atoms with E-state index in [0.29, 0.717) is 11.3 Å². The fourth-order valence-electron chi connectivity index (χ4n) is 1.33. The largest absolute Gasteiger partial charge is 0.390 e. The van der Waals surface area contributed by atoms with Gasteiger partial charge in [-0.1, -0.05) is 28.9 Å². The van der Waals surface area contributed by atoms with Crippen molar-refractivity contribution >= 4 is 11.6 Å². The Morgan fingerprint density at radius 2 is 2.25 bits per heavy atom. The summed E-state index contributed by atoms with van der Waals surface area (Å²) in [5.41, 5.74) is 0.879. The van der Waals surface area contributed by atoms with Gasteiger partial charge in [0.15, 0.2) is 0 Å². The van der Waals surface area contributed by atoms with Crippen LogP contribution >= 0.6 is 11.6 Å². The molecule has 0 spiro atoms. The molecular weight excluding hydrogens is 233 g/mol. The first-order valence-electron chi connectivity index (χ1n) is 4.63. The van der Waals surface area contributed by atoms with Crippen molar-refractivity contribution in [1.29, 1.82) is 0 Å². The molecule has 0 amide bonds. The molecule has 0 saturated carbocycles. The molecule has 4 nitrogen and oxygen atoms in total. The predicted molar refractivity (Wildman–Crippen MR) is 56.5 cm³/mol. The van der Waals surface area contributed by atoms with Crippen molar-refractivity contribution < 1.29 is 9.50 Å². The molecule has 1 heterocycles. The lowest BCUT2D eigenvalue weighted by atomic mass is 10.2. The number of halogens is 2. The SMILES string of the molecule is OCc1cn(Cc2cccc(Cl)c2F)nn1. The van der Waals surface area contributed by atoms with Crippen molar-refractivity contribution in [3.8, 4) is 0 Å². The Labute approximate surface area is 96.3 Å². The van der Waals surface area contributed by atoms with E-state index >= 15 is 0 Å². The molecule has 0 unspecified atom stereocenters. The summed E-state index contributed by atoms with van der Waals surface area (Å²) in [7, 11) is 0. The van der Waals surface area contributed by atoms with E-state index in [0.717, 1.165) is 0 Å². The summed E-state index contributed by atoms with van der Waals surface area (Å²) in [4.78, 5) is 0. The van der Waals surface area contributed by atoms with Crippen LogP contribution in [0.25, 0.3) is 0 Å². The molecule has 1 N–H and O–H groups in total. The highest BCUT2D eigenvalue weighted by atomic mass is 35.5. The predicted octanol–water partition coefficient (Wildman–Crippen LogP) is 1.61. The quantitative estimate of drug-likeness (QED) is 0.888. The second-order valence-corrected chi connectivity index (χ2v) is 3.69. The van der Waals surface area contributed by atoms with Crippen LogP contribution in [0, 0.1) is 5.82 Å².